The maximum absolute atomic E-state index is 14.2. The summed E-state index contributed by atoms with van der Waals surface area (Å²) < 4.78 is 19.4. The molecule has 0 fully saturated rings. The van der Waals surface area contributed by atoms with E-state index in [0.717, 1.165) is 6.08 Å². The van der Waals surface area contributed by atoms with Crippen molar-refractivity contribution in [3.05, 3.63) is 73.0 Å². The number of carbonyl (C=O) groups is 1. The van der Waals surface area contributed by atoms with E-state index in [0.29, 0.717) is 28.3 Å². The van der Waals surface area contributed by atoms with Gasteiger partial charge in [-0.15, -0.1) is 0 Å². The molecule has 0 bridgehead atoms. The normalized spacial score (nSPS) is 10.8. The first-order chi connectivity index (χ1) is 17.9. The number of nitrogens with zero attached hydrogens (tertiary/aromatic N) is 3. The van der Waals surface area contributed by atoms with E-state index in [-0.39, 0.29) is 23.2 Å². The Bertz CT molecular complexity index is 1310. The van der Waals surface area contributed by atoms with Crippen molar-refractivity contribution < 1.29 is 19.0 Å². The third kappa shape index (κ3) is 7.79. The van der Waals surface area contributed by atoms with Gasteiger partial charge in [0.1, 0.15) is 23.1 Å². The summed E-state index contributed by atoms with van der Waals surface area (Å²) in [5.74, 6) is -0.358. The molecule has 0 saturated heterocycles. The number of hydrogen-bond donors (Lipinski definition) is 5. The molecule has 11 heteroatoms. The van der Waals surface area contributed by atoms with E-state index in [2.05, 4.69) is 37.5 Å². The lowest BCUT2D eigenvalue weighted by Gasteiger charge is -2.15. The summed E-state index contributed by atoms with van der Waals surface area (Å²) in [4.78, 5) is 24.4. The molecule has 0 aliphatic carbocycles. The topological polar surface area (TPSA) is 147 Å². The maximum atomic E-state index is 14.2. The smallest absolute Gasteiger partial charge is 0.247 e. The number of hydrogen-bond acceptors (Lipinski definition) is 9. The Morgan fingerprint density at radius 2 is 1.97 bits per heavy atom. The second-order valence-corrected chi connectivity index (χ2v) is 7.02. The summed E-state index contributed by atoms with van der Waals surface area (Å²) in [7, 11) is 3.01. The number of amides is 1. The van der Waals surface area contributed by atoms with Crippen molar-refractivity contribution in [3.63, 3.8) is 0 Å². The van der Waals surface area contributed by atoms with Crippen LogP contribution in [-0.2, 0) is 4.79 Å². The van der Waals surface area contributed by atoms with Crippen LogP contribution in [0.3, 0.4) is 0 Å². The molecule has 2 aromatic carbocycles. The van der Waals surface area contributed by atoms with Crippen LogP contribution >= 0.6 is 0 Å². The highest BCUT2D eigenvalue weighted by molar-refractivity contribution is 5.99. The van der Waals surface area contributed by atoms with Crippen LogP contribution in [0.15, 0.2) is 72.1 Å². The fourth-order valence-corrected chi connectivity index (χ4v) is 3.00. The minimum absolute atomic E-state index is 0.113. The monoisotopic (exact) mass is 507 g/mol. The molecule has 6 N–H and O–H groups in total. The van der Waals surface area contributed by atoms with Gasteiger partial charge < -0.3 is 31.5 Å². The number of nitrogens with two attached hydrogens (primary N) is 1. The molecule has 0 aliphatic rings. The minimum Gasteiger partial charge on any atom is -0.506 e. The summed E-state index contributed by atoms with van der Waals surface area (Å²) in [5, 5.41) is 19.0. The summed E-state index contributed by atoms with van der Waals surface area (Å²) >= 11 is 0. The predicted octanol–water partition coefficient (Wildman–Crippen LogP) is 4.80. The third-order valence-corrected chi connectivity index (χ3v) is 4.61. The van der Waals surface area contributed by atoms with Gasteiger partial charge in [-0.2, -0.15) is 4.98 Å². The van der Waals surface area contributed by atoms with E-state index in [9.17, 15) is 14.3 Å². The van der Waals surface area contributed by atoms with Crippen molar-refractivity contribution in [2.45, 2.75) is 13.8 Å². The molecule has 0 radical (unpaired) electrons. The maximum Gasteiger partial charge on any atom is 0.247 e. The van der Waals surface area contributed by atoms with E-state index in [1.807, 2.05) is 13.8 Å². The van der Waals surface area contributed by atoms with Crippen LogP contribution in [0.1, 0.15) is 13.8 Å². The SMILES string of the molecule is C=CC(=O)Nc1ccc(O)c(Nc2nc(N/C(C=NC)=C/N)ncc2-c2cc(F)cc(OC)c2)c1.CC. The fourth-order valence-electron chi connectivity index (χ4n) is 3.00. The highest BCUT2D eigenvalue weighted by atomic mass is 19.1. The van der Waals surface area contributed by atoms with Crippen molar-refractivity contribution in [1.82, 2.24) is 9.97 Å². The molecule has 0 atom stereocenters. The number of phenolic OH excluding ortho intramolecular Hbond substituents is 1. The number of carbonyl (C=O) groups excluding carboxylic acids is 1. The van der Waals surface area contributed by atoms with Crippen LogP contribution in [0.4, 0.5) is 27.5 Å². The quantitative estimate of drug-likeness (QED) is 0.120. The van der Waals surface area contributed by atoms with Crippen LogP contribution in [0, 0.1) is 5.82 Å². The zero-order valence-corrected chi connectivity index (χ0v) is 21.0. The van der Waals surface area contributed by atoms with Gasteiger partial charge in [0.05, 0.1) is 18.5 Å². The van der Waals surface area contributed by atoms with Crippen molar-refractivity contribution in [2.24, 2.45) is 10.7 Å². The van der Waals surface area contributed by atoms with Gasteiger partial charge in [-0.1, -0.05) is 20.4 Å². The minimum atomic E-state index is -0.517. The zero-order chi connectivity index (χ0) is 27.4. The molecule has 194 valence electrons. The van der Waals surface area contributed by atoms with Gasteiger partial charge in [-0.05, 0) is 42.0 Å². The number of aliphatic imine (C=N–C) groups is 1. The predicted molar refractivity (Wildman–Crippen MR) is 146 cm³/mol. The van der Waals surface area contributed by atoms with Crippen molar-refractivity contribution in [3.8, 4) is 22.6 Å². The lowest BCUT2D eigenvalue weighted by Crippen LogP contribution is -2.09. The molecule has 1 amide bonds. The average molecular weight is 508 g/mol. The standard InChI is InChI=1S/C24H24FN7O3.C2H6/c1-4-22(34)29-16-5-6-21(33)20(10-16)31-23-19(14-7-15(25)9-18(8-14)35-3)13-28-24(32-23)30-17(11-26)12-27-2;1-2/h4-13,33H,1,26H2,2-3H3,(H,29,34)(H2,28,30,31,32);1-2H3/b17-11+,27-12?;. The molecular weight excluding hydrogens is 477 g/mol. The number of nitrogens with one attached hydrogen (secondary N) is 3. The molecule has 1 aromatic heterocycles. The largest absolute Gasteiger partial charge is 0.506 e. The van der Waals surface area contributed by atoms with Crippen LogP contribution < -0.4 is 26.4 Å². The van der Waals surface area contributed by atoms with Gasteiger partial charge >= 0.3 is 0 Å². The molecule has 3 aromatic rings. The summed E-state index contributed by atoms with van der Waals surface area (Å²) in [6.45, 7) is 7.42. The van der Waals surface area contributed by atoms with Crippen LogP contribution in [-0.4, -0.2) is 41.4 Å². The Hall–Kier alpha value is -4.93. The second kappa shape index (κ2) is 13.8. The Morgan fingerprint density at radius 3 is 2.62 bits per heavy atom. The Kier molecular flexibility index (Phi) is 10.6. The number of phenols is 1. The fraction of sp³-hybridized carbons (Fsp3) is 0.154. The van der Waals surface area contributed by atoms with Crippen LogP contribution in [0.25, 0.3) is 11.1 Å². The van der Waals surface area contributed by atoms with E-state index < -0.39 is 11.7 Å². The van der Waals surface area contributed by atoms with E-state index in [4.69, 9.17) is 10.5 Å². The molecular formula is C26H30FN7O3. The van der Waals surface area contributed by atoms with E-state index >= 15 is 0 Å². The summed E-state index contributed by atoms with van der Waals surface area (Å²) in [6, 6.07) is 8.60. The number of aromatic hydroxyl groups is 1. The number of allylic oxidation sites excluding steroid dienone is 1. The van der Waals surface area contributed by atoms with Crippen molar-refractivity contribution in [1.29, 1.82) is 0 Å². The van der Waals surface area contributed by atoms with Gasteiger partial charge in [0.15, 0.2) is 0 Å². The number of anilines is 4. The van der Waals surface area contributed by atoms with E-state index in [1.54, 1.807) is 13.1 Å². The lowest BCUT2D eigenvalue weighted by molar-refractivity contribution is -0.111. The highest BCUT2D eigenvalue weighted by Crippen LogP contribution is 2.35. The Labute approximate surface area is 214 Å². The Balaban J connectivity index is 0.00000235. The Morgan fingerprint density at radius 1 is 1.22 bits per heavy atom. The van der Waals surface area contributed by atoms with Gasteiger partial charge in [-0.3, -0.25) is 9.79 Å². The van der Waals surface area contributed by atoms with Crippen LogP contribution in [0.2, 0.25) is 0 Å². The molecule has 0 saturated carbocycles. The molecule has 0 spiro atoms. The zero-order valence-electron chi connectivity index (χ0n) is 21.0. The summed E-state index contributed by atoms with van der Waals surface area (Å²) in [6.07, 6.45) is 5.38. The van der Waals surface area contributed by atoms with E-state index in [1.165, 1.54) is 56.1 Å². The molecule has 3 rings (SSSR count). The molecule has 1 heterocycles. The number of benzene rings is 2. The average Bonchev–Trinajstić information content (AvgIpc) is 2.91. The highest BCUT2D eigenvalue weighted by Gasteiger charge is 2.15. The number of halogens is 1. The van der Waals surface area contributed by atoms with Crippen LogP contribution in [0.5, 0.6) is 11.5 Å². The van der Waals surface area contributed by atoms with Crippen molar-refractivity contribution >= 4 is 35.3 Å². The van der Waals surface area contributed by atoms with Gasteiger partial charge in [0.25, 0.3) is 0 Å². The number of rotatable bonds is 9. The molecule has 10 nitrogen and oxygen atoms in total. The molecule has 0 aliphatic heterocycles. The van der Waals surface area contributed by atoms with Gasteiger partial charge in [-0.25, -0.2) is 9.37 Å². The number of methoxy groups -OCH3 is 1. The number of aromatic nitrogens is 2. The lowest BCUT2D eigenvalue weighted by atomic mass is 10.1. The van der Waals surface area contributed by atoms with Crippen molar-refractivity contribution in [2.75, 3.05) is 30.1 Å². The molecule has 37 heavy (non-hydrogen) atoms. The second-order valence-electron chi connectivity index (χ2n) is 7.02. The first-order valence-electron chi connectivity index (χ1n) is 11.2. The summed E-state index contributed by atoms with van der Waals surface area (Å²) in [5.41, 5.74) is 7.52. The first kappa shape index (κ1) is 28.3. The third-order valence-electron chi connectivity index (χ3n) is 4.61. The van der Waals surface area contributed by atoms with Gasteiger partial charge in [0.2, 0.25) is 11.9 Å². The molecule has 0 unspecified atom stereocenters. The van der Waals surface area contributed by atoms with Gasteiger partial charge in [0, 0.05) is 43.0 Å². The first-order valence-corrected chi connectivity index (χ1v) is 11.2. The number of ether oxygens (including phenoxy) is 1.